The molecule has 1 atom stereocenters. The summed E-state index contributed by atoms with van der Waals surface area (Å²) in [6, 6.07) is 3.85. The highest BCUT2D eigenvalue weighted by molar-refractivity contribution is 7.17. The third kappa shape index (κ3) is 1.44. The molecule has 3 aromatic rings. The normalized spacial score (nSPS) is 13.4. The summed E-state index contributed by atoms with van der Waals surface area (Å²) in [7, 11) is 0. The van der Waals surface area contributed by atoms with E-state index in [4.69, 9.17) is 5.73 Å². The standard InChI is InChI=1S/C9H9N5S2/c1-5-11-12-9-14(5)13-8(16-9)7(10)6-3-2-4-15-6/h2-4,7H,10H2,1H3. The number of nitrogens with two attached hydrogens (primary N) is 1. The molecule has 3 rings (SSSR count). The molecule has 0 radical (unpaired) electrons. The van der Waals surface area contributed by atoms with Gasteiger partial charge in [0.2, 0.25) is 4.96 Å². The summed E-state index contributed by atoms with van der Waals surface area (Å²) < 4.78 is 1.73. The van der Waals surface area contributed by atoms with Gasteiger partial charge in [0, 0.05) is 4.88 Å². The summed E-state index contributed by atoms with van der Waals surface area (Å²) in [5.74, 6) is 0.788. The monoisotopic (exact) mass is 251 g/mol. The van der Waals surface area contributed by atoms with Gasteiger partial charge in [-0.3, -0.25) is 0 Å². The molecular formula is C9H9N5S2. The molecule has 7 heteroatoms. The second-order valence-corrected chi connectivity index (χ2v) is 5.34. The average Bonchev–Trinajstić information content (AvgIpc) is 2.96. The Hall–Kier alpha value is -1.31. The highest BCUT2D eigenvalue weighted by atomic mass is 32.1. The third-order valence-electron chi connectivity index (χ3n) is 2.28. The van der Waals surface area contributed by atoms with E-state index >= 15 is 0 Å². The number of fused-ring (bicyclic) bond motifs is 1. The van der Waals surface area contributed by atoms with Gasteiger partial charge in [0.1, 0.15) is 5.01 Å². The number of rotatable bonds is 2. The molecule has 1 unspecified atom stereocenters. The Morgan fingerprint density at radius 1 is 1.44 bits per heavy atom. The number of thiophene rings is 1. The quantitative estimate of drug-likeness (QED) is 0.751. The first-order valence-electron chi connectivity index (χ1n) is 4.73. The van der Waals surface area contributed by atoms with Crippen LogP contribution in [0.4, 0.5) is 0 Å². The van der Waals surface area contributed by atoms with E-state index < -0.39 is 0 Å². The summed E-state index contributed by atoms with van der Waals surface area (Å²) in [5.41, 5.74) is 6.13. The molecule has 0 amide bonds. The molecule has 0 aromatic carbocycles. The van der Waals surface area contributed by atoms with Gasteiger partial charge in [-0.1, -0.05) is 17.4 Å². The lowest BCUT2D eigenvalue weighted by molar-refractivity contribution is 0.799. The van der Waals surface area contributed by atoms with Crippen LogP contribution in [0.1, 0.15) is 21.8 Å². The van der Waals surface area contributed by atoms with Crippen LogP contribution in [-0.2, 0) is 0 Å². The first kappa shape index (κ1) is 9.88. The predicted octanol–water partition coefficient (Wildman–Crippen LogP) is 1.60. The van der Waals surface area contributed by atoms with Crippen molar-refractivity contribution in [3.05, 3.63) is 33.2 Å². The third-order valence-corrected chi connectivity index (χ3v) is 4.22. The Kier molecular flexibility index (Phi) is 2.23. The Morgan fingerprint density at radius 3 is 3.00 bits per heavy atom. The lowest BCUT2D eigenvalue weighted by Gasteiger charge is -2.03. The maximum atomic E-state index is 6.13. The van der Waals surface area contributed by atoms with Gasteiger partial charge in [-0.15, -0.1) is 21.5 Å². The number of aromatic nitrogens is 4. The van der Waals surface area contributed by atoms with E-state index in [2.05, 4.69) is 15.3 Å². The first-order chi connectivity index (χ1) is 7.75. The topological polar surface area (TPSA) is 69.1 Å². The summed E-state index contributed by atoms with van der Waals surface area (Å²) >= 11 is 3.12. The van der Waals surface area contributed by atoms with Gasteiger partial charge < -0.3 is 5.73 Å². The van der Waals surface area contributed by atoms with E-state index in [9.17, 15) is 0 Å². The molecule has 3 aromatic heterocycles. The van der Waals surface area contributed by atoms with Crippen LogP contribution in [0.2, 0.25) is 0 Å². The van der Waals surface area contributed by atoms with Crippen LogP contribution in [-0.4, -0.2) is 19.8 Å². The number of aryl methyl sites for hydroxylation is 1. The largest absolute Gasteiger partial charge is 0.318 e. The maximum Gasteiger partial charge on any atom is 0.234 e. The SMILES string of the molecule is Cc1nnc2sc(C(N)c3cccs3)nn12. The predicted molar refractivity (Wildman–Crippen MR) is 63.7 cm³/mol. The van der Waals surface area contributed by atoms with Crippen LogP contribution in [0.15, 0.2) is 17.5 Å². The molecular weight excluding hydrogens is 242 g/mol. The zero-order chi connectivity index (χ0) is 11.1. The lowest BCUT2D eigenvalue weighted by atomic mass is 10.3. The highest BCUT2D eigenvalue weighted by Gasteiger charge is 2.17. The summed E-state index contributed by atoms with van der Waals surface area (Å²) in [6.45, 7) is 1.88. The first-order valence-corrected chi connectivity index (χ1v) is 6.43. The molecule has 5 nitrogen and oxygen atoms in total. The Morgan fingerprint density at radius 2 is 2.31 bits per heavy atom. The van der Waals surface area contributed by atoms with Crippen molar-refractivity contribution < 1.29 is 0 Å². The number of hydrogen-bond donors (Lipinski definition) is 1. The fourth-order valence-electron chi connectivity index (χ4n) is 1.45. The van der Waals surface area contributed by atoms with Gasteiger partial charge >= 0.3 is 0 Å². The van der Waals surface area contributed by atoms with E-state index in [0.29, 0.717) is 0 Å². The van der Waals surface area contributed by atoms with Gasteiger partial charge in [0.05, 0.1) is 6.04 Å². The van der Waals surface area contributed by atoms with Crippen LogP contribution >= 0.6 is 22.7 Å². The van der Waals surface area contributed by atoms with Crippen molar-refractivity contribution in [2.24, 2.45) is 5.73 Å². The van der Waals surface area contributed by atoms with Gasteiger partial charge in [-0.25, -0.2) is 0 Å². The minimum atomic E-state index is -0.161. The van der Waals surface area contributed by atoms with Crippen molar-refractivity contribution in [3.63, 3.8) is 0 Å². The number of hydrogen-bond acceptors (Lipinski definition) is 6. The molecule has 2 N–H and O–H groups in total. The molecule has 0 spiro atoms. The molecule has 0 bridgehead atoms. The minimum Gasteiger partial charge on any atom is -0.318 e. The fraction of sp³-hybridized carbons (Fsp3) is 0.222. The van der Waals surface area contributed by atoms with Crippen molar-refractivity contribution in [2.75, 3.05) is 0 Å². The van der Waals surface area contributed by atoms with Crippen LogP contribution < -0.4 is 5.73 Å². The van der Waals surface area contributed by atoms with Gasteiger partial charge in [0.25, 0.3) is 0 Å². The summed E-state index contributed by atoms with van der Waals surface area (Å²) in [4.78, 5) is 1.90. The zero-order valence-corrected chi connectivity index (χ0v) is 10.1. The molecule has 16 heavy (non-hydrogen) atoms. The van der Waals surface area contributed by atoms with E-state index in [0.717, 1.165) is 20.7 Å². The van der Waals surface area contributed by atoms with Gasteiger partial charge in [0.15, 0.2) is 5.82 Å². The van der Waals surface area contributed by atoms with Crippen LogP contribution in [0, 0.1) is 6.92 Å². The van der Waals surface area contributed by atoms with Crippen molar-refractivity contribution in [3.8, 4) is 0 Å². The summed E-state index contributed by atoms with van der Waals surface area (Å²) in [6.07, 6.45) is 0. The molecule has 82 valence electrons. The Balaban J connectivity index is 2.06. The second kappa shape index (κ2) is 3.62. The van der Waals surface area contributed by atoms with E-state index in [-0.39, 0.29) is 6.04 Å². The zero-order valence-electron chi connectivity index (χ0n) is 8.49. The molecule has 0 aliphatic heterocycles. The van der Waals surface area contributed by atoms with E-state index in [1.807, 2.05) is 24.4 Å². The smallest absolute Gasteiger partial charge is 0.234 e. The lowest BCUT2D eigenvalue weighted by Crippen LogP contribution is -2.10. The second-order valence-electron chi connectivity index (χ2n) is 3.37. The van der Waals surface area contributed by atoms with Crippen molar-refractivity contribution in [1.29, 1.82) is 0 Å². The van der Waals surface area contributed by atoms with Crippen molar-refractivity contribution in [2.45, 2.75) is 13.0 Å². The van der Waals surface area contributed by atoms with Crippen molar-refractivity contribution in [1.82, 2.24) is 19.8 Å². The minimum absolute atomic E-state index is 0.161. The average molecular weight is 251 g/mol. The van der Waals surface area contributed by atoms with E-state index in [1.165, 1.54) is 11.3 Å². The summed E-state index contributed by atoms with van der Waals surface area (Å²) in [5, 5.41) is 15.3. The molecule has 0 saturated carbocycles. The van der Waals surface area contributed by atoms with Crippen LogP contribution in [0.3, 0.4) is 0 Å². The molecule has 0 aliphatic rings. The van der Waals surface area contributed by atoms with Crippen LogP contribution in [0.5, 0.6) is 0 Å². The van der Waals surface area contributed by atoms with Gasteiger partial charge in [-0.05, 0) is 18.4 Å². The van der Waals surface area contributed by atoms with E-state index in [1.54, 1.807) is 15.9 Å². The molecule has 0 saturated heterocycles. The Bertz CT molecular complexity index is 609. The molecule has 3 heterocycles. The maximum absolute atomic E-state index is 6.13. The highest BCUT2D eigenvalue weighted by Crippen LogP contribution is 2.26. The number of nitrogens with zero attached hydrogens (tertiary/aromatic N) is 4. The van der Waals surface area contributed by atoms with Crippen LogP contribution in [0.25, 0.3) is 4.96 Å². The fourth-order valence-corrected chi connectivity index (χ4v) is 3.15. The van der Waals surface area contributed by atoms with Crippen molar-refractivity contribution >= 4 is 27.6 Å². The van der Waals surface area contributed by atoms with Gasteiger partial charge in [-0.2, -0.15) is 9.61 Å². The molecule has 0 fully saturated rings. The molecule has 0 aliphatic carbocycles. The Labute approximate surface area is 99.6 Å².